The monoisotopic (exact) mass is 348 g/mol. The molecule has 0 aliphatic carbocycles. The van der Waals surface area contributed by atoms with E-state index < -0.39 is 6.10 Å². The van der Waals surface area contributed by atoms with Crippen LogP contribution in [0.5, 0.6) is 5.75 Å². The van der Waals surface area contributed by atoms with E-state index >= 15 is 0 Å². The number of phenolic OH excluding ortho intramolecular Hbond substituents is 1. The average molecular weight is 348 g/mol. The van der Waals surface area contributed by atoms with Crippen molar-refractivity contribution in [2.24, 2.45) is 0 Å². The smallest absolute Gasteiger partial charge is 0.251 e. The largest absolute Gasteiger partial charge is 0.506 e. The van der Waals surface area contributed by atoms with Crippen LogP contribution in [0.25, 0.3) is 0 Å². The first-order chi connectivity index (χ1) is 12.1. The van der Waals surface area contributed by atoms with Gasteiger partial charge in [0.25, 0.3) is 5.91 Å². The Morgan fingerprint density at radius 1 is 1.28 bits per heavy atom. The van der Waals surface area contributed by atoms with Gasteiger partial charge in [0.15, 0.2) is 0 Å². The van der Waals surface area contributed by atoms with Gasteiger partial charge < -0.3 is 24.4 Å². The van der Waals surface area contributed by atoms with Crippen LogP contribution in [-0.2, 0) is 14.3 Å². The van der Waals surface area contributed by atoms with Crippen molar-refractivity contribution < 1.29 is 19.4 Å². The predicted octanol–water partition coefficient (Wildman–Crippen LogP) is 2.01. The standard InChI is InChI=1S/C19H28N2O4/c1-15(25-14-16-6-4-5-13-24-16)19(23)21-11-9-20(10-12-21)17-7-2-3-8-18(17)22/h2-3,7-8,15-16,22H,4-6,9-14H2,1H3/t15-,16+/m0/s1. The zero-order chi connectivity index (χ0) is 17.6. The third kappa shape index (κ3) is 4.64. The van der Waals surface area contributed by atoms with Crippen LogP contribution in [0.15, 0.2) is 24.3 Å². The Kier molecular flexibility index (Phi) is 6.15. The topological polar surface area (TPSA) is 62.2 Å². The quantitative estimate of drug-likeness (QED) is 0.882. The second-order valence-electron chi connectivity index (χ2n) is 6.77. The molecule has 0 bridgehead atoms. The number of ether oxygens (including phenoxy) is 2. The maximum Gasteiger partial charge on any atom is 0.251 e. The van der Waals surface area contributed by atoms with Crippen molar-refractivity contribution in [3.8, 4) is 5.75 Å². The van der Waals surface area contributed by atoms with Crippen molar-refractivity contribution in [3.05, 3.63) is 24.3 Å². The fourth-order valence-electron chi connectivity index (χ4n) is 3.42. The number of amides is 1. The van der Waals surface area contributed by atoms with Crippen LogP contribution in [0.1, 0.15) is 26.2 Å². The molecule has 2 saturated heterocycles. The van der Waals surface area contributed by atoms with Crippen molar-refractivity contribution in [1.29, 1.82) is 0 Å². The van der Waals surface area contributed by atoms with Gasteiger partial charge in [-0.15, -0.1) is 0 Å². The minimum atomic E-state index is -0.442. The Hall–Kier alpha value is -1.79. The van der Waals surface area contributed by atoms with Gasteiger partial charge in [0.2, 0.25) is 0 Å². The summed E-state index contributed by atoms with van der Waals surface area (Å²) >= 11 is 0. The molecule has 3 rings (SSSR count). The number of piperazine rings is 1. The first kappa shape index (κ1) is 18.0. The molecule has 1 N–H and O–H groups in total. The zero-order valence-corrected chi connectivity index (χ0v) is 14.9. The number of anilines is 1. The average Bonchev–Trinajstić information content (AvgIpc) is 2.67. The molecule has 138 valence electrons. The van der Waals surface area contributed by atoms with Gasteiger partial charge in [-0.2, -0.15) is 0 Å². The molecule has 0 saturated carbocycles. The molecule has 6 nitrogen and oxygen atoms in total. The number of benzene rings is 1. The first-order valence-corrected chi connectivity index (χ1v) is 9.20. The lowest BCUT2D eigenvalue weighted by Crippen LogP contribution is -2.51. The minimum absolute atomic E-state index is 0.0349. The minimum Gasteiger partial charge on any atom is -0.506 e. The maximum atomic E-state index is 12.6. The number of nitrogens with zero attached hydrogens (tertiary/aromatic N) is 2. The molecule has 0 aromatic heterocycles. The molecule has 25 heavy (non-hydrogen) atoms. The van der Waals surface area contributed by atoms with Gasteiger partial charge in [0.1, 0.15) is 11.9 Å². The fraction of sp³-hybridized carbons (Fsp3) is 0.632. The fourth-order valence-corrected chi connectivity index (χ4v) is 3.42. The Morgan fingerprint density at radius 3 is 2.72 bits per heavy atom. The van der Waals surface area contributed by atoms with Crippen LogP contribution in [-0.4, -0.2) is 67.5 Å². The number of hydrogen-bond donors (Lipinski definition) is 1. The molecular weight excluding hydrogens is 320 g/mol. The molecule has 2 aliphatic heterocycles. The summed E-state index contributed by atoms with van der Waals surface area (Å²) in [5, 5.41) is 9.97. The third-order valence-electron chi connectivity index (χ3n) is 4.97. The summed E-state index contributed by atoms with van der Waals surface area (Å²) in [6.45, 7) is 5.81. The Bertz CT molecular complexity index is 566. The van der Waals surface area contributed by atoms with Crippen LogP contribution in [0.2, 0.25) is 0 Å². The summed E-state index contributed by atoms with van der Waals surface area (Å²) in [4.78, 5) is 16.5. The lowest BCUT2D eigenvalue weighted by Gasteiger charge is -2.37. The van der Waals surface area contributed by atoms with Gasteiger partial charge in [-0.05, 0) is 38.3 Å². The number of carbonyl (C=O) groups is 1. The van der Waals surface area contributed by atoms with Crippen LogP contribution in [0.4, 0.5) is 5.69 Å². The van der Waals surface area contributed by atoms with E-state index in [0.717, 1.165) is 25.1 Å². The Morgan fingerprint density at radius 2 is 2.04 bits per heavy atom. The number of hydrogen-bond acceptors (Lipinski definition) is 5. The molecule has 2 heterocycles. The molecule has 1 aromatic carbocycles. The molecule has 1 aromatic rings. The van der Waals surface area contributed by atoms with Gasteiger partial charge in [-0.3, -0.25) is 4.79 Å². The van der Waals surface area contributed by atoms with Crippen molar-refractivity contribution in [2.45, 2.75) is 38.4 Å². The van der Waals surface area contributed by atoms with E-state index in [-0.39, 0.29) is 17.8 Å². The van der Waals surface area contributed by atoms with E-state index in [4.69, 9.17) is 9.47 Å². The molecule has 2 fully saturated rings. The number of phenols is 1. The maximum absolute atomic E-state index is 12.6. The highest BCUT2D eigenvalue weighted by atomic mass is 16.5. The number of rotatable bonds is 5. The van der Waals surface area contributed by atoms with Crippen molar-refractivity contribution >= 4 is 11.6 Å². The normalized spacial score (nSPS) is 22.7. The van der Waals surface area contributed by atoms with E-state index in [0.29, 0.717) is 32.8 Å². The second kappa shape index (κ2) is 8.54. The Labute approximate surface area is 149 Å². The summed E-state index contributed by atoms with van der Waals surface area (Å²) in [7, 11) is 0. The highest BCUT2D eigenvalue weighted by molar-refractivity contribution is 5.81. The SMILES string of the molecule is C[C@H](OC[C@H]1CCCCO1)C(=O)N1CCN(c2ccccc2O)CC1. The number of aromatic hydroxyl groups is 1. The van der Waals surface area contributed by atoms with Crippen LogP contribution >= 0.6 is 0 Å². The number of carbonyl (C=O) groups excluding carboxylic acids is 1. The van der Waals surface area contributed by atoms with Crippen molar-refractivity contribution in [1.82, 2.24) is 4.90 Å². The van der Waals surface area contributed by atoms with E-state index in [1.807, 2.05) is 30.0 Å². The highest BCUT2D eigenvalue weighted by Gasteiger charge is 2.27. The Balaban J connectivity index is 1.45. The molecule has 2 aliphatic rings. The van der Waals surface area contributed by atoms with Crippen LogP contribution < -0.4 is 4.90 Å². The van der Waals surface area contributed by atoms with Crippen molar-refractivity contribution in [2.75, 3.05) is 44.3 Å². The van der Waals surface area contributed by atoms with Crippen LogP contribution in [0.3, 0.4) is 0 Å². The van der Waals surface area contributed by atoms with E-state index in [1.165, 1.54) is 6.42 Å². The second-order valence-corrected chi connectivity index (χ2v) is 6.77. The first-order valence-electron chi connectivity index (χ1n) is 9.20. The molecule has 6 heteroatoms. The van der Waals surface area contributed by atoms with Gasteiger partial charge in [-0.25, -0.2) is 0 Å². The van der Waals surface area contributed by atoms with E-state index in [9.17, 15) is 9.90 Å². The molecule has 2 atom stereocenters. The highest BCUT2D eigenvalue weighted by Crippen LogP contribution is 2.27. The van der Waals surface area contributed by atoms with Gasteiger partial charge in [0, 0.05) is 32.8 Å². The summed E-state index contributed by atoms with van der Waals surface area (Å²) in [6, 6.07) is 7.32. The predicted molar refractivity (Wildman–Crippen MR) is 95.9 cm³/mol. The molecule has 0 unspecified atom stereocenters. The summed E-state index contributed by atoms with van der Waals surface area (Å²) in [5.74, 6) is 0.319. The molecule has 0 radical (unpaired) electrons. The number of para-hydroxylation sites is 2. The summed E-state index contributed by atoms with van der Waals surface area (Å²) < 4.78 is 11.4. The molecule has 1 amide bonds. The third-order valence-corrected chi connectivity index (χ3v) is 4.97. The van der Waals surface area contributed by atoms with Gasteiger partial charge in [-0.1, -0.05) is 12.1 Å². The van der Waals surface area contributed by atoms with Gasteiger partial charge in [0.05, 0.1) is 18.4 Å². The molecule has 0 spiro atoms. The lowest BCUT2D eigenvalue weighted by molar-refractivity contribution is -0.146. The summed E-state index contributed by atoms with van der Waals surface area (Å²) in [5.41, 5.74) is 0.827. The summed E-state index contributed by atoms with van der Waals surface area (Å²) in [6.07, 6.45) is 2.99. The van der Waals surface area contributed by atoms with E-state index in [1.54, 1.807) is 6.07 Å². The van der Waals surface area contributed by atoms with Gasteiger partial charge >= 0.3 is 0 Å². The lowest BCUT2D eigenvalue weighted by atomic mass is 10.1. The van der Waals surface area contributed by atoms with E-state index in [2.05, 4.69) is 4.90 Å². The van der Waals surface area contributed by atoms with Crippen LogP contribution in [0, 0.1) is 0 Å². The van der Waals surface area contributed by atoms with Crippen molar-refractivity contribution in [3.63, 3.8) is 0 Å². The molecular formula is C19H28N2O4. The zero-order valence-electron chi connectivity index (χ0n) is 14.9.